The van der Waals surface area contributed by atoms with Crippen LogP contribution in [0.1, 0.15) is 42.4 Å². The number of ether oxygens (including phenoxy) is 2. The van der Waals surface area contributed by atoms with Crippen LogP contribution in [0.5, 0.6) is 5.75 Å². The zero-order valence-electron chi connectivity index (χ0n) is 19.0. The molecule has 1 saturated carbocycles. The molecule has 1 saturated heterocycles. The summed E-state index contributed by atoms with van der Waals surface area (Å²) >= 11 is 0. The Kier molecular flexibility index (Phi) is 5.60. The summed E-state index contributed by atoms with van der Waals surface area (Å²) in [7, 11) is 3.78. The van der Waals surface area contributed by atoms with Gasteiger partial charge in [-0.3, -0.25) is 4.79 Å². The highest BCUT2D eigenvalue weighted by atomic mass is 16.5. The Hall–Kier alpha value is -2.21. The van der Waals surface area contributed by atoms with Crippen LogP contribution >= 0.6 is 0 Å². The third kappa shape index (κ3) is 3.38. The molecule has 5 rings (SSSR count). The molecule has 3 aliphatic rings. The second-order valence-corrected chi connectivity index (χ2v) is 9.85. The first-order valence-electron chi connectivity index (χ1n) is 11.7. The molecule has 0 spiro atoms. The fraction of sp³-hybridized carbons (Fsp3) is 0.519. The van der Waals surface area contributed by atoms with E-state index in [9.17, 15) is 9.90 Å². The van der Waals surface area contributed by atoms with Crippen molar-refractivity contribution in [2.75, 3.05) is 27.3 Å². The summed E-state index contributed by atoms with van der Waals surface area (Å²) in [6.45, 7) is 1.97. The number of likely N-dealkylation sites (N-methyl/N-ethyl adjacent to an activating group) is 1. The number of methoxy groups -OCH3 is 1. The highest BCUT2D eigenvalue weighted by Gasteiger charge is 2.65. The summed E-state index contributed by atoms with van der Waals surface area (Å²) in [5, 5.41) is 12.3. The third-order valence-corrected chi connectivity index (χ3v) is 8.26. The van der Waals surface area contributed by atoms with E-state index in [-0.39, 0.29) is 17.7 Å². The van der Waals surface area contributed by atoms with E-state index in [1.165, 1.54) is 5.56 Å². The fourth-order valence-corrected chi connectivity index (χ4v) is 6.48. The summed E-state index contributed by atoms with van der Waals surface area (Å²) in [5.41, 5.74) is 2.05. The number of hydrogen-bond acceptors (Lipinski definition) is 5. The van der Waals surface area contributed by atoms with Gasteiger partial charge < -0.3 is 19.5 Å². The van der Waals surface area contributed by atoms with Gasteiger partial charge in [0.25, 0.3) is 0 Å². The van der Waals surface area contributed by atoms with E-state index in [2.05, 4.69) is 24.1 Å². The zero-order chi connectivity index (χ0) is 22.3. The fourth-order valence-electron chi connectivity index (χ4n) is 6.48. The Morgan fingerprint density at radius 3 is 2.78 bits per heavy atom. The Balaban J connectivity index is 1.38. The number of aliphatic hydroxyl groups is 1. The lowest BCUT2D eigenvalue weighted by Crippen LogP contribution is -2.73. The molecule has 5 heteroatoms. The van der Waals surface area contributed by atoms with Crippen LogP contribution in [0.25, 0.3) is 0 Å². The number of likely N-dealkylation sites (tertiary alicyclic amines) is 1. The number of Topliss-reactive ketones (excluding diaryl/α,β-unsaturated/α-hetero) is 1. The van der Waals surface area contributed by atoms with Gasteiger partial charge in [-0.2, -0.15) is 0 Å². The van der Waals surface area contributed by atoms with Gasteiger partial charge in [0.1, 0.15) is 11.5 Å². The SMILES string of the molecule is COc1ccc2c(c1)[C@]13CCN(C)[C@H](C2)[C@]1(O)C[C@H](CCOCc1ccccc1)C(=O)C3. The van der Waals surface area contributed by atoms with Gasteiger partial charge in [-0.05, 0) is 68.1 Å². The van der Waals surface area contributed by atoms with Gasteiger partial charge in [0.15, 0.2) is 0 Å². The van der Waals surface area contributed by atoms with Crippen LogP contribution in [0.3, 0.4) is 0 Å². The average Bonchev–Trinajstić information content (AvgIpc) is 2.80. The number of hydrogen-bond donors (Lipinski definition) is 1. The minimum atomic E-state index is -0.919. The number of nitrogens with zero attached hydrogens (tertiary/aromatic N) is 1. The second kappa shape index (κ2) is 8.29. The summed E-state index contributed by atoms with van der Waals surface area (Å²) in [6.07, 6.45) is 3.16. The maximum Gasteiger partial charge on any atom is 0.137 e. The van der Waals surface area contributed by atoms with Crippen molar-refractivity contribution >= 4 is 5.78 Å². The summed E-state index contributed by atoms with van der Waals surface area (Å²) in [4.78, 5) is 15.7. The molecule has 0 aromatic heterocycles. The summed E-state index contributed by atoms with van der Waals surface area (Å²) in [6, 6.07) is 16.3. The zero-order valence-corrected chi connectivity index (χ0v) is 19.0. The molecule has 4 atom stereocenters. The van der Waals surface area contributed by atoms with Crippen LogP contribution in [0.4, 0.5) is 0 Å². The van der Waals surface area contributed by atoms with Crippen molar-refractivity contribution in [3.05, 3.63) is 65.2 Å². The van der Waals surface area contributed by atoms with Crippen molar-refractivity contribution in [1.82, 2.24) is 4.90 Å². The molecule has 2 aromatic carbocycles. The quantitative estimate of drug-likeness (QED) is 0.704. The van der Waals surface area contributed by atoms with E-state index in [4.69, 9.17) is 9.47 Å². The Morgan fingerprint density at radius 2 is 2.00 bits per heavy atom. The van der Waals surface area contributed by atoms with E-state index in [1.807, 2.05) is 36.4 Å². The summed E-state index contributed by atoms with van der Waals surface area (Å²) < 4.78 is 11.4. The van der Waals surface area contributed by atoms with Crippen molar-refractivity contribution < 1.29 is 19.4 Å². The number of ketones is 1. The maximum absolute atomic E-state index is 13.4. The van der Waals surface area contributed by atoms with E-state index < -0.39 is 11.0 Å². The third-order valence-electron chi connectivity index (χ3n) is 8.26. The van der Waals surface area contributed by atoms with Crippen LogP contribution in [0.2, 0.25) is 0 Å². The molecule has 5 nitrogen and oxygen atoms in total. The molecule has 32 heavy (non-hydrogen) atoms. The van der Waals surface area contributed by atoms with Crippen molar-refractivity contribution in [2.24, 2.45) is 5.92 Å². The second-order valence-electron chi connectivity index (χ2n) is 9.85. The molecule has 0 radical (unpaired) electrons. The molecule has 2 aliphatic carbocycles. The minimum Gasteiger partial charge on any atom is -0.497 e. The van der Waals surface area contributed by atoms with Gasteiger partial charge >= 0.3 is 0 Å². The average molecular weight is 436 g/mol. The van der Waals surface area contributed by atoms with Crippen LogP contribution < -0.4 is 4.74 Å². The minimum absolute atomic E-state index is 0.0259. The molecular formula is C27H33NO4. The Bertz CT molecular complexity index is 992. The molecule has 2 aromatic rings. The Morgan fingerprint density at radius 1 is 1.19 bits per heavy atom. The molecule has 1 aliphatic heterocycles. The highest BCUT2D eigenvalue weighted by Crippen LogP contribution is 2.58. The monoisotopic (exact) mass is 435 g/mol. The van der Waals surface area contributed by atoms with E-state index in [0.717, 1.165) is 36.3 Å². The number of carbonyl (C=O) groups is 1. The van der Waals surface area contributed by atoms with Crippen LogP contribution in [-0.2, 0) is 28.0 Å². The molecule has 0 amide bonds. The topological polar surface area (TPSA) is 59.0 Å². The van der Waals surface area contributed by atoms with Crippen LogP contribution in [-0.4, -0.2) is 54.7 Å². The van der Waals surface area contributed by atoms with Crippen molar-refractivity contribution in [1.29, 1.82) is 0 Å². The lowest BCUT2D eigenvalue weighted by Gasteiger charge is -2.63. The highest BCUT2D eigenvalue weighted by molar-refractivity contribution is 5.85. The molecule has 2 fully saturated rings. The van der Waals surface area contributed by atoms with Gasteiger partial charge in [-0.15, -0.1) is 0 Å². The molecule has 1 heterocycles. The maximum atomic E-state index is 13.4. The van der Waals surface area contributed by atoms with Crippen LogP contribution in [0.15, 0.2) is 48.5 Å². The number of carbonyl (C=O) groups excluding carboxylic acids is 1. The van der Waals surface area contributed by atoms with Crippen molar-refractivity contribution in [3.63, 3.8) is 0 Å². The predicted octanol–water partition coefficient (Wildman–Crippen LogP) is 3.51. The predicted molar refractivity (Wildman–Crippen MR) is 123 cm³/mol. The molecular weight excluding hydrogens is 402 g/mol. The van der Waals surface area contributed by atoms with Gasteiger partial charge in [0.2, 0.25) is 0 Å². The molecule has 1 N–H and O–H groups in total. The number of fused-ring (bicyclic) bond motifs is 1. The first-order valence-corrected chi connectivity index (χ1v) is 11.7. The van der Waals surface area contributed by atoms with Gasteiger partial charge in [-0.1, -0.05) is 36.4 Å². The lowest BCUT2D eigenvalue weighted by atomic mass is 9.48. The van der Waals surface area contributed by atoms with Gasteiger partial charge in [0.05, 0.1) is 19.3 Å². The van der Waals surface area contributed by atoms with E-state index in [0.29, 0.717) is 32.5 Å². The number of piperidine rings is 1. The first-order chi connectivity index (χ1) is 15.5. The molecule has 2 bridgehead atoms. The van der Waals surface area contributed by atoms with E-state index >= 15 is 0 Å². The number of rotatable bonds is 6. The first kappa shape index (κ1) is 21.6. The normalized spacial score (nSPS) is 31.7. The van der Waals surface area contributed by atoms with Crippen LogP contribution in [0, 0.1) is 5.92 Å². The van der Waals surface area contributed by atoms with Crippen molar-refractivity contribution in [2.45, 2.75) is 55.8 Å². The lowest BCUT2D eigenvalue weighted by molar-refractivity contribution is -0.179. The largest absolute Gasteiger partial charge is 0.497 e. The molecule has 170 valence electrons. The van der Waals surface area contributed by atoms with Gasteiger partial charge in [-0.25, -0.2) is 0 Å². The smallest absolute Gasteiger partial charge is 0.137 e. The molecule has 0 unspecified atom stereocenters. The standard InChI is InChI=1S/C27H33NO4/c1-28-12-11-26-17-24(29)21(10-13-32-18-19-6-4-3-5-7-19)16-27(26,30)25(28)14-20-8-9-22(31-2)15-23(20)26/h3-9,15,21,25,30H,10-14,16-18H2,1-2H3/t21-,25+,26+,27+/m0/s1. The van der Waals surface area contributed by atoms with E-state index in [1.54, 1.807) is 7.11 Å². The number of benzene rings is 2. The Labute approximate surface area is 190 Å². The van der Waals surface area contributed by atoms with Crippen molar-refractivity contribution in [3.8, 4) is 5.75 Å². The van der Waals surface area contributed by atoms with Gasteiger partial charge in [0, 0.05) is 30.4 Å². The summed E-state index contributed by atoms with van der Waals surface area (Å²) in [5.74, 6) is 0.892.